The highest BCUT2D eigenvalue weighted by atomic mass is 31.2. The number of allylic oxidation sites excluding steroid dienone is 8. The highest BCUT2D eigenvalue weighted by Gasteiger charge is 2.41. The number of aliphatic hydroxyl groups excluding tert-OH is 5. The van der Waals surface area contributed by atoms with Gasteiger partial charge in [-0.1, -0.05) is 113 Å². The van der Waals surface area contributed by atoms with Crippen molar-refractivity contribution in [1.82, 2.24) is 0 Å². The summed E-state index contributed by atoms with van der Waals surface area (Å²) in [5, 5.41) is 49.7. The van der Waals surface area contributed by atoms with Gasteiger partial charge < -0.3 is 39.9 Å². The van der Waals surface area contributed by atoms with Crippen LogP contribution in [0.1, 0.15) is 155 Å². The molecule has 1 aliphatic carbocycles. The lowest BCUT2D eigenvalue weighted by molar-refractivity contribution is -0.161. The molecule has 0 bridgehead atoms. The fourth-order valence-corrected chi connectivity index (χ4v) is 7.70. The molecular weight excluding hydrogens is 831 g/mol. The molecule has 0 spiro atoms. The summed E-state index contributed by atoms with van der Waals surface area (Å²) in [7, 11) is -4.72. The lowest BCUT2D eigenvalue weighted by Gasteiger charge is -2.20. The number of phosphoric acid groups is 1. The number of hydrogen-bond donors (Lipinski definition) is 6. The molecule has 362 valence electrons. The van der Waals surface area contributed by atoms with E-state index in [9.17, 15) is 44.3 Å². The molecule has 0 radical (unpaired) electrons. The van der Waals surface area contributed by atoms with Crippen molar-refractivity contribution in [2.75, 3.05) is 26.4 Å². The Bertz CT molecular complexity index is 1410. The zero-order valence-corrected chi connectivity index (χ0v) is 39.0. The van der Waals surface area contributed by atoms with E-state index in [4.69, 9.17) is 19.1 Å². The maximum Gasteiger partial charge on any atom is 0.472 e. The molecule has 0 saturated heterocycles. The van der Waals surface area contributed by atoms with Gasteiger partial charge in [0.2, 0.25) is 0 Å². The van der Waals surface area contributed by atoms with Gasteiger partial charge in [0, 0.05) is 43.9 Å². The Balaban J connectivity index is 2.48. The predicted molar refractivity (Wildman–Crippen MR) is 244 cm³/mol. The number of hydrogen-bond acceptors (Lipinski definition) is 13. The standard InChI is InChI=1S/C48H81O14P/c1-3-5-7-8-9-10-11-12-13-14-15-16-17-18-19-20-21-22-24-30-48(56)62-42(38-61-63(57,58)60-36-41(52)35-49)37-59-47(55)29-26-25-28-40(51)33-44-43(45(53)34-46(44)54)32-31-39(50)27-23-6-4-2/h9-10,12-13,15-16,18-19,31-32,39,41-46,49-50,52-54H,3-8,11,14,17,20-30,33-38H2,1-2H3,(H,57,58)/b10-9-,13-12-,16-15-,19-18-,32-31+/t39-,41-,42+,43+,44+,45+,46-/m0/s1. The van der Waals surface area contributed by atoms with E-state index in [0.717, 1.165) is 64.2 Å². The maximum atomic E-state index is 12.8. The number of ketones is 1. The van der Waals surface area contributed by atoms with E-state index >= 15 is 0 Å². The van der Waals surface area contributed by atoms with Gasteiger partial charge in [-0.3, -0.25) is 23.4 Å². The molecule has 0 amide bonds. The van der Waals surface area contributed by atoms with Gasteiger partial charge >= 0.3 is 19.8 Å². The van der Waals surface area contributed by atoms with Gasteiger partial charge in [-0.2, -0.15) is 0 Å². The van der Waals surface area contributed by atoms with Crippen LogP contribution in [0, 0.1) is 11.8 Å². The molecule has 1 rings (SSSR count). The van der Waals surface area contributed by atoms with Crippen LogP contribution in [0.15, 0.2) is 60.8 Å². The normalized spacial score (nSPS) is 20.6. The first-order chi connectivity index (χ1) is 30.3. The summed E-state index contributed by atoms with van der Waals surface area (Å²) in [5.41, 5.74) is 0. The van der Waals surface area contributed by atoms with Crippen molar-refractivity contribution in [3.8, 4) is 0 Å². The van der Waals surface area contributed by atoms with Crippen molar-refractivity contribution in [1.29, 1.82) is 0 Å². The smallest absolute Gasteiger partial charge is 0.462 e. The zero-order chi connectivity index (χ0) is 46.6. The Morgan fingerprint density at radius 3 is 1.87 bits per heavy atom. The van der Waals surface area contributed by atoms with Crippen LogP contribution in [0.3, 0.4) is 0 Å². The molecule has 1 aliphatic rings. The number of ether oxygens (including phenoxy) is 2. The van der Waals surface area contributed by atoms with Gasteiger partial charge in [0.15, 0.2) is 6.10 Å². The number of phosphoric ester groups is 1. The largest absolute Gasteiger partial charge is 0.472 e. The van der Waals surface area contributed by atoms with Crippen LogP contribution in [-0.4, -0.2) is 105 Å². The predicted octanol–water partition coefficient (Wildman–Crippen LogP) is 8.23. The van der Waals surface area contributed by atoms with Gasteiger partial charge in [0.1, 0.15) is 18.5 Å². The Hall–Kier alpha value is -2.78. The Labute approximate surface area is 377 Å². The molecule has 15 heteroatoms. The highest BCUT2D eigenvalue weighted by Crippen LogP contribution is 2.43. The van der Waals surface area contributed by atoms with Gasteiger partial charge in [-0.05, 0) is 70.6 Å². The second-order valence-electron chi connectivity index (χ2n) is 16.4. The van der Waals surface area contributed by atoms with Gasteiger partial charge in [-0.25, -0.2) is 4.57 Å². The number of unbranched alkanes of at least 4 members (excludes halogenated alkanes) is 9. The molecule has 0 heterocycles. The van der Waals surface area contributed by atoms with Crippen molar-refractivity contribution >= 4 is 25.5 Å². The number of rotatable bonds is 39. The van der Waals surface area contributed by atoms with E-state index in [1.165, 1.54) is 19.3 Å². The lowest BCUT2D eigenvalue weighted by Crippen LogP contribution is -2.29. The fourth-order valence-electron chi connectivity index (χ4n) is 6.91. The molecule has 0 aromatic carbocycles. The molecule has 0 aromatic heterocycles. The molecule has 63 heavy (non-hydrogen) atoms. The van der Waals surface area contributed by atoms with Crippen LogP contribution in [0.2, 0.25) is 0 Å². The monoisotopic (exact) mass is 913 g/mol. The number of Topliss-reactive ketones (excluding diaryl/α,β-unsaturated/α-hetero) is 1. The fraction of sp³-hybridized carbons (Fsp3) is 0.729. The van der Waals surface area contributed by atoms with E-state index in [1.54, 1.807) is 12.2 Å². The van der Waals surface area contributed by atoms with E-state index in [1.807, 2.05) is 0 Å². The van der Waals surface area contributed by atoms with Crippen LogP contribution < -0.4 is 0 Å². The maximum absolute atomic E-state index is 12.8. The third-order valence-electron chi connectivity index (χ3n) is 10.6. The Morgan fingerprint density at radius 1 is 0.683 bits per heavy atom. The third kappa shape index (κ3) is 31.7. The lowest BCUT2D eigenvalue weighted by atomic mass is 9.87. The summed E-state index contributed by atoms with van der Waals surface area (Å²) in [4.78, 5) is 48.1. The summed E-state index contributed by atoms with van der Waals surface area (Å²) in [6.07, 6.45) is 31.0. The van der Waals surface area contributed by atoms with Crippen molar-refractivity contribution in [2.45, 2.75) is 186 Å². The quantitative estimate of drug-likeness (QED) is 0.0148. The highest BCUT2D eigenvalue weighted by molar-refractivity contribution is 7.47. The minimum Gasteiger partial charge on any atom is -0.462 e. The van der Waals surface area contributed by atoms with Crippen molar-refractivity contribution in [3.63, 3.8) is 0 Å². The van der Waals surface area contributed by atoms with Crippen LogP contribution in [0.4, 0.5) is 0 Å². The van der Waals surface area contributed by atoms with Crippen LogP contribution >= 0.6 is 7.82 Å². The van der Waals surface area contributed by atoms with Crippen LogP contribution in [0.5, 0.6) is 0 Å². The average molecular weight is 913 g/mol. The van der Waals surface area contributed by atoms with E-state index in [2.05, 4.69) is 67.0 Å². The Kier molecular flexibility index (Phi) is 34.6. The minimum absolute atomic E-state index is 0.0546. The first-order valence-corrected chi connectivity index (χ1v) is 24.9. The Morgan fingerprint density at radius 2 is 1.24 bits per heavy atom. The number of carbonyl (C=O) groups excluding carboxylic acids is 3. The molecule has 0 aromatic rings. The second kappa shape index (κ2) is 37.4. The summed E-state index contributed by atoms with van der Waals surface area (Å²) in [6.45, 7) is 1.77. The van der Waals surface area contributed by atoms with Crippen LogP contribution in [-0.2, 0) is 37.5 Å². The first-order valence-electron chi connectivity index (χ1n) is 23.4. The van der Waals surface area contributed by atoms with Gasteiger partial charge in [-0.15, -0.1) is 0 Å². The first kappa shape index (κ1) is 58.2. The second-order valence-corrected chi connectivity index (χ2v) is 17.8. The average Bonchev–Trinajstić information content (AvgIpc) is 3.52. The summed E-state index contributed by atoms with van der Waals surface area (Å²) >= 11 is 0. The van der Waals surface area contributed by atoms with Crippen molar-refractivity contribution in [2.24, 2.45) is 11.8 Å². The summed E-state index contributed by atoms with van der Waals surface area (Å²) in [5.74, 6) is -2.31. The van der Waals surface area contributed by atoms with Crippen molar-refractivity contribution in [3.05, 3.63) is 60.8 Å². The van der Waals surface area contributed by atoms with E-state index in [-0.39, 0.29) is 37.9 Å². The molecule has 8 atom stereocenters. The minimum atomic E-state index is -4.72. The summed E-state index contributed by atoms with van der Waals surface area (Å²) in [6, 6.07) is 0. The van der Waals surface area contributed by atoms with E-state index in [0.29, 0.717) is 25.7 Å². The van der Waals surface area contributed by atoms with E-state index < -0.39 is 88.5 Å². The van der Waals surface area contributed by atoms with Crippen LogP contribution in [0.25, 0.3) is 0 Å². The zero-order valence-electron chi connectivity index (χ0n) is 38.1. The number of esters is 2. The molecule has 1 unspecified atom stereocenters. The van der Waals surface area contributed by atoms with Gasteiger partial charge in [0.05, 0.1) is 38.1 Å². The van der Waals surface area contributed by atoms with Crippen molar-refractivity contribution < 1.29 is 67.9 Å². The summed E-state index contributed by atoms with van der Waals surface area (Å²) < 4.78 is 32.6. The molecule has 0 aliphatic heterocycles. The molecule has 6 N–H and O–H groups in total. The number of aliphatic hydroxyl groups is 5. The van der Waals surface area contributed by atoms with Gasteiger partial charge in [0.25, 0.3) is 0 Å². The molecular formula is C48H81O14P. The SMILES string of the molecule is CCCCC/C=C\C/C=C\C/C=C\C/C=C\CCCCCC(=O)O[C@H](COC(=O)CCCCC(=O)C[C@@H]1[C@@H](/C=C/[C@@H](O)CCCCC)[C@H](O)C[C@@H]1O)COP(=O)(O)OC[C@@H](O)CO. The molecule has 1 saturated carbocycles. The molecule has 14 nitrogen and oxygen atoms in total. The topological polar surface area (TPSA) is 227 Å². The number of carbonyl (C=O) groups is 3. The third-order valence-corrected chi connectivity index (χ3v) is 11.6. The molecule has 1 fully saturated rings.